The fraction of sp³-hybridized carbons (Fsp3) is 0.294. The first-order valence-corrected chi connectivity index (χ1v) is 7.03. The van der Waals surface area contributed by atoms with Gasteiger partial charge in [-0.1, -0.05) is 35.9 Å². The number of rotatable bonds is 3. The first-order chi connectivity index (χ1) is 9.45. The Bertz CT molecular complexity index is 635. The summed E-state index contributed by atoms with van der Waals surface area (Å²) in [6, 6.07) is 10.1. The second-order valence-corrected chi connectivity index (χ2v) is 5.52. The Labute approximate surface area is 125 Å². The highest BCUT2D eigenvalue weighted by Crippen LogP contribution is 2.36. The van der Waals surface area contributed by atoms with E-state index in [0.717, 1.165) is 28.0 Å². The Balaban J connectivity index is 2.58. The molecule has 0 saturated carbocycles. The van der Waals surface area contributed by atoms with Crippen molar-refractivity contribution in [1.82, 2.24) is 0 Å². The Morgan fingerprint density at radius 1 is 1.15 bits per heavy atom. The maximum atomic E-state index is 6.32. The summed E-state index contributed by atoms with van der Waals surface area (Å²) in [5.74, 6) is 0.898. The summed E-state index contributed by atoms with van der Waals surface area (Å²) < 4.78 is 5.56. The highest BCUT2D eigenvalue weighted by Gasteiger charge is 2.13. The van der Waals surface area contributed by atoms with Crippen molar-refractivity contribution in [3.05, 3.63) is 52.0 Å². The lowest BCUT2D eigenvalue weighted by atomic mass is 9.97. The third kappa shape index (κ3) is 2.67. The van der Waals surface area contributed by atoms with E-state index in [1.54, 1.807) is 7.11 Å². The molecule has 0 spiro atoms. The molecule has 0 aromatic heterocycles. The van der Waals surface area contributed by atoms with Gasteiger partial charge in [-0.15, -0.1) is 0 Å². The lowest BCUT2D eigenvalue weighted by Gasteiger charge is -2.15. The van der Waals surface area contributed by atoms with Crippen molar-refractivity contribution in [2.24, 2.45) is 5.73 Å². The van der Waals surface area contributed by atoms with Crippen LogP contribution in [-0.4, -0.2) is 7.11 Å². The molecule has 2 aromatic carbocycles. The fourth-order valence-corrected chi connectivity index (χ4v) is 2.70. The van der Waals surface area contributed by atoms with Gasteiger partial charge in [-0.05, 0) is 49.1 Å². The smallest absolute Gasteiger partial charge is 0.129 e. The van der Waals surface area contributed by atoms with Crippen LogP contribution in [0, 0.1) is 13.8 Å². The van der Waals surface area contributed by atoms with Gasteiger partial charge >= 0.3 is 0 Å². The largest absolute Gasteiger partial charge is 0.496 e. The molecule has 1 atom stereocenters. The Morgan fingerprint density at radius 3 is 2.40 bits per heavy atom. The van der Waals surface area contributed by atoms with Crippen LogP contribution in [0.1, 0.15) is 29.7 Å². The lowest BCUT2D eigenvalue weighted by Crippen LogP contribution is -2.05. The molecule has 0 heterocycles. The van der Waals surface area contributed by atoms with Crippen LogP contribution in [-0.2, 0) is 0 Å². The zero-order valence-electron chi connectivity index (χ0n) is 12.3. The van der Waals surface area contributed by atoms with Crippen LogP contribution < -0.4 is 10.5 Å². The average Bonchev–Trinajstić information content (AvgIpc) is 2.41. The normalized spacial score (nSPS) is 12.3. The van der Waals surface area contributed by atoms with Gasteiger partial charge in [0, 0.05) is 16.6 Å². The van der Waals surface area contributed by atoms with Gasteiger partial charge in [0.2, 0.25) is 0 Å². The number of aryl methyl sites for hydroxylation is 1. The van der Waals surface area contributed by atoms with Crippen molar-refractivity contribution in [3.8, 4) is 16.9 Å². The molecule has 0 saturated heterocycles. The van der Waals surface area contributed by atoms with Crippen molar-refractivity contribution in [3.63, 3.8) is 0 Å². The lowest BCUT2D eigenvalue weighted by molar-refractivity contribution is 0.413. The minimum atomic E-state index is -0.0711. The van der Waals surface area contributed by atoms with Crippen molar-refractivity contribution in [2.45, 2.75) is 26.8 Å². The maximum absolute atomic E-state index is 6.32. The van der Waals surface area contributed by atoms with E-state index in [4.69, 9.17) is 22.1 Å². The summed E-state index contributed by atoms with van der Waals surface area (Å²) in [4.78, 5) is 0. The Kier molecular flexibility index (Phi) is 4.36. The molecule has 1 unspecified atom stereocenters. The molecular weight excluding hydrogens is 270 g/mol. The van der Waals surface area contributed by atoms with Crippen molar-refractivity contribution < 1.29 is 4.74 Å². The van der Waals surface area contributed by atoms with E-state index in [-0.39, 0.29) is 6.04 Å². The molecular formula is C17H20ClNO. The maximum Gasteiger partial charge on any atom is 0.129 e. The van der Waals surface area contributed by atoms with Gasteiger partial charge in [0.1, 0.15) is 5.75 Å². The number of benzene rings is 2. The zero-order chi connectivity index (χ0) is 14.9. The SMILES string of the molecule is COc1c(-c2ccc(C(C)N)c(Cl)c2)ccc(C)c1C. The molecule has 2 rings (SSSR count). The van der Waals surface area contributed by atoms with Crippen LogP contribution in [0.2, 0.25) is 5.02 Å². The molecule has 0 aliphatic heterocycles. The number of halogens is 1. The molecule has 0 radical (unpaired) electrons. The Hall–Kier alpha value is -1.51. The van der Waals surface area contributed by atoms with Gasteiger partial charge in [-0.2, -0.15) is 0 Å². The van der Waals surface area contributed by atoms with Crippen LogP contribution in [0.3, 0.4) is 0 Å². The number of methoxy groups -OCH3 is 1. The van der Waals surface area contributed by atoms with Gasteiger partial charge in [0.25, 0.3) is 0 Å². The van der Waals surface area contributed by atoms with Crippen molar-refractivity contribution in [1.29, 1.82) is 0 Å². The molecule has 2 nitrogen and oxygen atoms in total. The third-order valence-electron chi connectivity index (χ3n) is 3.68. The van der Waals surface area contributed by atoms with E-state index in [9.17, 15) is 0 Å². The standard InChI is InChI=1S/C17H20ClNO/c1-10-5-7-15(17(20-4)11(10)2)13-6-8-14(12(3)19)16(18)9-13/h5-9,12H,19H2,1-4H3. The molecule has 0 aliphatic carbocycles. The van der Waals surface area contributed by atoms with Crippen LogP contribution in [0.5, 0.6) is 5.75 Å². The van der Waals surface area contributed by atoms with Gasteiger partial charge in [-0.3, -0.25) is 0 Å². The zero-order valence-corrected chi connectivity index (χ0v) is 13.1. The average molecular weight is 290 g/mol. The van der Waals surface area contributed by atoms with Gasteiger partial charge in [-0.25, -0.2) is 0 Å². The summed E-state index contributed by atoms with van der Waals surface area (Å²) in [5.41, 5.74) is 11.3. The van der Waals surface area contributed by atoms with Gasteiger partial charge in [0.05, 0.1) is 7.11 Å². The molecule has 3 heteroatoms. The van der Waals surface area contributed by atoms with Gasteiger partial charge in [0.15, 0.2) is 0 Å². The number of ether oxygens (including phenoxy) is 1. The van der Waals surface area contributed by atoms with E-state index in [1.807, 2.05) is 25.1 Å². The summed E-state index contributed by atoms with van der Waals surface area (Å²) in [7, 11) is 1.70. The monoisotopic (exact) mass is 289 g/mol. The molecule has 2 N–H and O–H groups in total. The third-order valence-corrected chi connectivity index (χ3v) is 4.01. The molecule has 106 valence electrons. The minimum Gasteiger partial charge on any atom is -0.496 e. The first-order valence-electron chi connectivity index (χ1n) is 6.65. The summed E-state index contributed by atoms with van der Waals surface area (Å²) in [6.45, 7) is 6.07. The molecule has 20 heavy (non-hydrogen) atoms. The van der Waals surface area contributed by atoms with Crippen LogP contribution in [0.15, 0.2) is 30.3 Å². The van der Waals surface area contributed by atoms with Crippen LogP contribution in [0.25, 0.3) is 11.1 Å². The quantitative estimate of drug-likeness (QED) is 0.892. The second-order valence-electron chi connectivity index (χ2n) is 5.11. The predicted octanol–water partition coefficient (Wildman–Crippen LogP) is 4.65. The van der Waals surface area contributed by atoms with Gasteiger partial charge < -0.3 is 10.5 Å². The van der Waals surface area contributed by atoms with E-state index in [0.29, 0.717) is 5.02 Å². The van der Waals surface area contributed by atoms with E-state index >= 15 is 0 Å². The summed E-state index contributed by atoms with van der Waals surface area (Å²) in [6.07, 6.45) is 0. The molecule has 0 fully saturated rings. The van der Waals surface area contributed by atoms with Crippen LogP contribution >= 0.6 is 11.6 Å². The summed E-state index contributed by atoms with van der Waals surface area (Å²) >= 11 is 6.32. The predicted molar refractivity (Wildman–Crippen MR) is 85.5 cm³/mol. The molecule has 0 aliphatic rings. The highest BCUT2D eigenvalue weighted by atomic mass is 35.5. The topological polar surface area (TPSA) is 35.2 Å². The van der Waals surface area contributed by atoms with Crippen molar-refractivity contribution >= 4 is 11.6 Å². The highest BCUT2D eigenvalue weighted by molar-refractivity contribution is 6.31. The second kappa shape index (κ2) is 5.86. The molecule has 0 amide bonds. The van der Waals surface area contributed by atoms with Crippen LogP contribution in [0.4, 0.5) is 0 Å². The summed E-state index contributed by atoms with van der Waals surface area (Å²) in [5, 5.41) is 0.692. The van der Waals surface area contributed by atoms with E-state index in [1.165, 1.54) is 5.56 Å². The molecule has 2 aromatic rings. The molecule has 0 bridgehead atoms. The number of nitrogens with two attached hydrogens (primary N) is 1. The Morgan fingerprint density at radius 2 is 1.85 bits per heavy atom. The number of hydrogen-bond acceptors (Lipinski definition) is 2. The first kappa shape index (κ1) is 14.9. The minimum absolute atomic E-state index is 0.0711. The number of hydrogen-bond donors (Lipinski definition) is 1. The van der Waals surface area contributed by atoms with E-state index in [2.05, 4.69) is 26.0 Å². The fourth-order valence-electron chi connectivity index (χ4n) is 2.34. The van der Waals surface area contributed by atoms with E-state index < -0.39 is 0 Å². The van der Waals surface area contributed by atoms with Crippen molar-refractivity contribution in [2.75, 3.05) is 7.11 Å².